The van der Waals surface area contributed by atoms with Gasteiger partial charge >= 0.3 is 0 Å². The fourth-order valence-corrected chi connectivity index (χ4v) is 2.81. The molecule has 3 aromatic heterocycles. The Balaban J connectivity index is 1.89. The normalized spacial score (nSPS) is 10.8. The molecular formula is C17H16N6O2S. The molecule has 0 aliphatic heterocycles. The molecule has 0 bridgehead atoms. The molecule has 3 rings (SSSR count). The summed E-state index contributed by atoms with van der Waals surface area (Å²) in [4.78, 5) is 29.0. The van der Waals surface area contributed by atoms with Gasteiger partial charge in [-0.15, -0.1) is 11.3 Å². The Hall–Kier alpha value is -3.33. The third-order valence-corrected chi connectivity index (χ3v) is 4.08. The molecular weight excluding hydrogens is 352 g/mol. The Morgan fingerprint density at radius 1 is 1.27 bits per heavy atom. The summed E-state index contributed by atoms with van der Waals surface area (Å²) in [5.41, 5.74) is 7.35. The number of aliphatic imine (C=N–C) groups is 1. The van der Waals surface area contributed by atoms with Crippen molar-refractivity contribution in [3.63, 3.8) is 0 Å². The van der Waals surface area contributed by atoms with Gasteiger partial charge in [0, 0.05) is 11.6 Å². The average Bonchev–Trinajstić information content (AvgIpc) is 3.01. The first kappa shape index (κ1) is 17.5. The largest absolute Gasteiger partial charge is 0.454 e. The van der Waals surface area contributed by atoms with E-state index >= 15 is 0 Å². The number of nitrogens with zero attached hydrogens (tertiary/aromatic N) is 4. The maximum atomic E-state index is 12.6. The van der Waals surface area contributed by atoms with Crippen molar-refractivity contribution < 1.29 is 9.53 Å². The van der Waals surface area contributed by atoms with Crippen LogP contribution in [0, 0.1) is 13.8 Å². The molecule has 0 saturated heterocycles. The highest BCUT2D eigenvalue weighted by Crippen LogP contribution is 2.27. The van der Waals surface area contributed by atoms with Crippen LogP contribution in [0.25, 0.3) is 0 Å². The molecule has 0 aliphatic rings. The summed E-state index contributed by atoms with van der Waals surface area (Å²) in [7, 11) is 0. The number of carbonyl (C=O) groups excluding carboxylic acids is 1. The fraction of sp³-hybridized carbons (Fsp3) is 0.118. The van der Waals surface area contributed by atoms with Crippen molar-refractivity contribution in [2.24, 2.45) is 10.7 Å². The van der Waals surface area contributed by atoms with E-state index in [2.05, 4.69) is 25.3 Å². The van der Waals surface area contributed by atoms with Crippen molar-refractivity contribution in [3.05, 3.63) is 52.9 Å². The lowest BCUT2D eigenvalue weighted by molar-refractivity contribution is 0.102. The van der Waals surface area contributed by atoms with E-state index in [0.29, 0.717) is 16.6 Å². The van der Waals surface area contributed by atoms with E-state index in [1.165, 1.54) is 17.5 Å². The summed E-state index contributed by atoms with van der Waals surface area (Å²) in [5.74, 6) is 0.714. The molecule has 132 valence electrons. The third-order valence-electron chi connectivity index (χ3n) is 3.21. The van der Waals surface area contributed by atoms with E-state index in [4.69, 9.17) is 10.5 Å². The number of aryl methyl sites for hydroxylation is 2. The second kappa shape index (κ2) is 7.70. The highest BCUT2D eigenvalue weighted by Gasteiger charge is 2.16. The highest BCUT2D eigenvalue weighted by molar-refractivity contribution is 7.13. The fourth-order valence-electron chi connectivity index (χ4n) is 2.13. The summed E-state index contributed by atoms with van der Waals surface area (Å²) in [5, 5.41) is 5.06. The Labute approximate surface area is 153 Å². The minimum Gasteiger partial charge on any atom is -0.454 e. The van der Waals surface area contributed by atoms with Gasteiger partial charge in [0.15, 0.2) is 10.9 Å². The lowest BCUT2D eigenvalue weighted by Gasteiger charge is -2.09. The molecule has 0 unspecified atom stereocenters. The van der Waals surface area contributed by atoms with E-state index in [-0.39, 0.29) is 11.4 Å². The number of hydrogen-bond donors (Lipinski definition) is 2. The number of carbonyl (C=O) groups is 1. The second-order valence-electron chi connectivity index (χ2n) is 5.37. The van der Waals surface area contributed by atoms with Gasteiger partial charge in [-0.25, -0.2) is 15.0 Å². The molecule has 0 spiro atoms. The zero-order valence-electron chi connectivity index (χ0n) is 14.1. The van der Waals surface area contributed by atoms with E-state index in [1.54, 1.807) is 18.5 Å². The molecule has 0 radical (unpaired) electrons. The van der Waals surface area contributed by atoms with Crippen LogP contribution in [0.15, 0.2) is 41.1 Å². The van der Waals surface area contributed by atoms with Crippen LogP contribution in [0.5, 0.6) is 11.5 Å². The number of anilines is 1. The summed E-state index contributed by atoms with van der Waals surface area (Å²) in [6.45, 7) is 3.76. The second-order valence-corrected chi connectivity index (χ2v) is 6.23. The number of nitrogens with one attached hydrogen (secondary N) is 1. The molecule has 0 aromatic carbocycles. The lowest BCUT2D eigenvalue weighted by atomic mass is 10.2. The first-order valence-electron chi connectivity index (χ1n) is 7.62. The molecule has 0 aliphatic carbocycles. The molecule has 3 heterocycles. The van der Waals surface area contributed by atoms with Crippen LogP contribution in [0.4, 0.5) is 10.9 Å². The highest BCUT2D eigenvalue weighted by atomic mass is 32.1. The minimum atomic E-state index is -0.403. The molecule has 26 heavy (non-hydrogen) atoms. The van der Waals surface area contributed by atoms with Crippen LogP contribution in [-0.2, 0) is 0 Å². The van der Waals surface area contributed by atoms with Crippen LogP contribution >= 0.6 is 11.3 Å². The van der Waals surface area contributed by atoms with Crippen LogP contribution in [0.1, 0.15) is 21.6 Å². The Morgan fingerprint density at radius 2 is 2.08 bits per heavy atom. The first-order chi connectivity index (χ1) is 12.5. The van der Waals surface area contributed by atoms with Crippen LogP contribution < -0.4 is 15.8 Å². The van der Waals surface area contributed by atoms with Gasteiger partial charge < -0.3 is 10.5 Å². The number of hydrogen-bond acceptors (Lipinski definition) is 7. The lowest BCUT2D eigenvalue weighted by Crippen LogP contribution is -2.13. The number of thiazole rings is 1. The molecule has 9 heteroatoms. The first-order valence-corrected chi connectivity index (χ1v) is 8.50. The number of amides is 1. The van der Waals surface area contributed by atoms with Crippen LogP contribution in [-0.4, -0.2) is 27.2 Å². The molecule has 0 atom stereocenters. The standard InChI is InChI=1S/C17H16N6O2S/c1-10-3-12(6-19-5-10)25-13-4-14(15(20-7-13)21-9-18)16(24)23-17-22-11(2)8-26-17/h3-9H,1-2H3,(H2,18,20,21)(H,22,23,24). The Kier molecular flexibility index (Phi) is 5.18. The van der Waals surface area contributed by atoms with Crippen molar-refractivity contribution in [2.75, 3.05) is 5.32 Å². The smallest absolute Gasteiger partial charge is 0.261 e. The quantitative estimate of drug-likeness (QED) is 0.528. The number of aromatic nitrogens is 3. The number of pyridine rings is 2. The molecule has 0 saturated carbocycles. The number of nitrogens with two attached hydrogens (primary N) is 1. The van der Waals surface area contributed by atoms with Crippen LogP contribution in [0.3, 0.4) is 0 Å². The van der Waals surface area contributed by atoms with Crippen molar-refractivity contribution in [1.29, 1.82) is 0 Å². The van der Waals surface area contributed by atoms with Crippen molar-refractivity contribution in [3.8, 4) is 11.5 Å². The predicted octanol–water partition coefficient (Wildman–Crippen LogP) is 3.21. The van der Waals surface area contributed by atoms with E-state index < -0.39 is 5.91 Å². The molecule has 1 amide bonds. The topological polar surface area (TPSA) is 115 Å². The van der Waals surface area contributed by atoms with E-state index in [1.807, 2.05) is 25.3 Å². The molecule has 3 aromatic rings. The van der Waals surface area contributed by atoms with Gasteiger partial charge in [-0.05, 0) is 31.5 Å². The van der Waals surface area contributed by atoms with Gasteiger partial charge in [-0.3, -0.25) is 15.1 Å². The minimum absolute atomic E-state index is 0.188. The van der Waals surface area contributed by atoms with Crippen molar-refractivity contribution in [1.82, 2.24) is 15.0 Å². The van der Waals surface area contributed by atoms with Crippen LogP contribution in [0.2, 0.25) is 0 Å². The number of rotatable bonds is 5. The summed E-state index contributed by atoms with van der Waals surface area (Å²) >= 11 is 1.33. The van der Waals surface area contributed by atoms with Gasteiger partial charge in [0.25, 0.3) is 5.91 Å². The zero-order valence-corrected chi connectivity index (χ0v) is 14.9. The summed E-state index contributed by atoms with van der Waals surface area (Å²) in [6, 6.07) is 3.38. The SMILES string of the molecule is Cc1cncc(Oc2cnc(/N=C\N)c(C(=O)Nc3nc(C)cs3)c2)c1. The Morgan fingerprint density at radius 3 is 2.77 bits per heavy atom. The maximum absolute atomic E-state index is 12.6. The Bertz CT molecular complexity index is 969. The van der Waals surface area contributed by atoms with E-state index in [9.17, 15) is 4.79 Å². The van der Waals surface area contributed by atoms with Gasteiger partial charge in [0.1, 0.15) is 11.5 Å². The van der Waals surface area contributed by atoms with Crippen molar-refractivity contribution in [2.45, 2.75) is 13.8 Å². The van der Waals surface area contributed by atoms with E-state index in [0.717, 1.165) is 17.6 Å². The predicted molar refractivity (Wildman–Crippen MR) is 100 cm³/mol. The van der Waals surface area contributed by atoms with Crippen molar-refractivity contribution >= 4 is 34.5 Å². The number of ether oxygens (including phenoxy) is 1. The maximum Gasteiger partial charge on any atom is 0.261 e. The molecule has 8 nitrogen and oxygen atoms in total. The molecule has 3 N–H and O–H groups in total. The van der Waals surface area contributed by atoms with Gasteiger partial charge in [-0.1, -0.05) is 0 Å². The monoisotopic (exact) mass is 368 g/mol. The summed E-state index contributed by atoms with van der Waals surface area (Å²) < 4.78 is 5.74. The average molecular weight is 368 g/mol. The summed E-state index contributed by atoms with van der Waals surface area (Å²) in [6.07, 6.45) is 5.85. The van der Waals surface area contributed by atoms with Gasteiger partial charge in [0.2, 0.25) is 0 Å². The van der Waals surface area contributed by atoms with Gasteiger partial charge in [-0.2, -0.15) is 0 Å². The third kappa shape index (κ3) is 4.19. The van der Waals surface area contributed by atoms with Gasteiger partial charge in [0.05, 0.1) is 30.0 Å². The molecule has 0 fully saturated rings. The zero-order chi connectivity index (χ0) is 18.5.